The van der Waals surface area contributed by atoms with Gasteiger partial charge in [0.05, 0.1) is 5.69 Å². The molecule has 0 atom stereocenters. The van der Waals surface area contributed by atoms with Crippen LogP contribution in [0.15, 0.2) is 24.3 Å². The lowest BCUT2D eigenvalue weighted by Gasteiger charge is -2.40. The van der Waals surface area contributed by atoms with Crippen molar-refractivity contribution in [2.75, 3.05) is 18.0 Å². The number of aromatic nitrogens is 2. The quantitative estimate of drug-likeness (QED) is 0.677. The fraction of sp³-hybridized carbons (Fsp3) is 0.478. The maximum atomic E-state index is 13.2. The van der Waals surface area contributed by atoms with Gasteiger partial charge in [-0.2, -0.15) is 0 Å². The highest BCUT2D eigenvalue weighted by molar-refractivity contribution is 5.94. The van der Waals surface area contributed by atoms with Gasteiger partial charge in [-0.05, 0) is 55.9 Å². The van der Waals surface area contributed by atoms with Crippen LogP contribution in [0, 0.1) is 18.2 Å². The number of ether oxygens (including phenoxy) is 1. The van der Waals surface area contributed by atoms with E-state index < -0.39 is 11.9 Å². The lowest BCUT2D eigenvalue weighted by Crippen LogP contribution is -2.40. The Morgan fingerprint density at radius 3 is 2.42 bits per heavy atom. The van der Waals surface area contributed by atoms with E-state index in [9.17, 15) is 14.0 Å². The first-order valence-corrected chi connectivity index (χ1v) is 10.6. The van der Waals surface area contributed by atoms with Crippen LogP contribution in [0.2, 0.25) is 0 Å². The Morgan fingerprint density at radius 1 is 1.19 bits per heavy atom. The molecule has 1 aliphatic heterocycles. The van der Waals surface area contributed by atoms with Crippen molar-refractivity contribution < 1.29 is 18.7 Å². The van der Waals surface area contributed by atoms with Gasteiger partial charge in [-0.25, -0.2) is 14.4 Å². The lowest BCUT2D eigenvalue weighted by atomic mass is 9.77. The third-order valence-corrected chi connectivity index (χ3v) is 5.73. The Bertz CT molecular complexity index is 954. The van der Waals surface area contributed by atoms with Gasteiger partial charge in [0.1, 0.15) is 11.6 Å². The molecule has 31 heavy (non-hydrogen) atoms. The molecule has 1 aliphatic rings. The number of nitrogens with zero attached hydrogens (tertiary/aromatic N) is 3. The van der Waals surface area contributed by atoms with Crippen LogP contribution in [0.4, 0.5) is 10.1 Å². The fourth-order valence-electron chi connectivity index (χ4n) is 3.87. The van der Waals surface area contributed by atoms with Crippen molar-refractivity contribution >= 4 is 17.6 Å². The average Bonchev–Trinajstić information content (AvgIpc) is 2.71. The monoisotopic (exact) mass is 428 g/mol. The number of hydrogen-bond donors (Lipinski definition) is 1. The second-order valence-corrected chi connectivity index (χ2v) is 8.44. The normalized spacial score (nSPS) is 15.5. The summed E-state index contributed by atoms with van der Waals surface area (Å²) >= 11 is 0. The maximum Gasteiger partial charge on any atom is 0.311 e. The molecule has 2 aromatic rings. The van der Waals surface area contributed by atoms with E-state index in [1.165, 1.54) is 12.1 Å². The summed E-state index contributed by atoms with van der Waals surface area (Å²) in [7, 11) is 0. The van der Waals surface area contributed by atoms with Crippen LogP contribution in [-0.4, -0.2) is 34.9 Å². The average molecular weight is 429 g/mol. The zero-order valence-electron chi connectivity index (χ0n) is 18.3. The number of amides is 1. The summed E-state index contributed by atoms with van der Waals surface area (Å²) in [5.74, 6) is -0.871. The van der Waals surface area contributed by atoms with Gasteiger partial charge in [-0.1, -0.05) is 13.8 Å². The van der Waals surface area contributed by atoms with E-state index in [0.29, 0.717) is 24.4 Å². The predicted molar refractivity (Wildman–Crippen MR) is 115 cm³/mol. The number of carbonyl (C=O) groups excluding carboxylic acids is 2. The SMILES string of the molecule is CCCC(=O)Oc1c(C)nc(CC2(C)CCN(c3ccc(F)cc3)CC2)nc1C(N)=O. The zero-order valence-corrected chi connectivity index (χ0v) is 18.3. The number of carbonyl (C=O) groups is 2. The third kappa shape index (κ3) is 5.57. The van der Waals surface area contributed by atoms with Crippen LogP contribution in [0.5, 0.6) is 5.75 Å². The zero-order chi connectivity index (χ0) is 22.6. The summed E-state index contributed by atoms with van der Waals surface area (Å²) in [6, 6.07) is 6.53. The number of aryl methyl sites for hydroxylation is 1. The van der Waals surface area contributed by atoms with Crippen LogP contribution in [0.3, 0.4) is 0 Å². The van der Waals surface area contributed by atoms with E-state index in [1.54, 1.807) is 19.1 Å². The summed E-state index contributed by atoms with van der Waals surface area (Å²) in [6.07, 6.45) is 3.24. The Kier molecular flexibility index (Phi) is 6.87. The van der Waals surface area contributed by atoms with E-state index in [1.807, 2.05) is 6.92 Å². The Hall–Kier alpha value is -3.03. The number of primary amides is 1. The number of hydrogen-bond acceptors (Lipinski definition) is 6. The molecule has 2 heterocycles. The fourth-order valence-corrected chi connectivity index (χ4v) is 3.87. The van der Waals surface area contributed by atoms with Gasteiger partial charge in [0.25, 0.3) is 5.91 Å². The minimum atomic E-state index is -0.748. The van der Waals surface area contributed by atoms with Crippen molar-refractivity contribution in [3.8, 4) is 5.75 Å². The molecule has 1 saturated heterocycles. The van der Waals surface area contributed by atoms with Crippen molar-refractivity contribution in [2.24, 2.45) is 11.1 Å². The molecule has 0 spiro atoms. The summed E-state index contributed by atoms with van der Waals surface area (Å²) < 4.78 is 18.5. The minimum Gasteiger partial charge on any atom is -0.422 e. The molecule has 1 aromatic heterocycles. The molecule has 1 aromatic carbocycles. The number of anilines is 1. The summed E-state index contributed by atoms with van der Waals surface area (Å²) in [5, 5.41) is 0. The van der Waals surface area contributed by atoms with E-state index in [0.717, 1.165) is 31.6 Å². The van der Waals surface area contributed by atoms with Crippen molar-refractivity contribution in [3.05, 3.63) is 47.3 Å². The molecule has 0 radical (unpaired) electrons. The molecular formula is C23H29FN4O3. The lowest BCUT2D eigenvalue weighted by molar-refractivity contribution is -0.134. The molecule has 8 heteroatoms. The maximum absolute atomic E-state index is 13.2. The van der Waals surface area contributed by atoms with Gasteiger partial charge in [0, 0.05) is 31.6 Å². The predicted octanol–water partition coefficient (Wildman–Crippen LogP) is 3.58. The largest absolute Gasteiger partial charge is 0.422 e. The molecule has 3 rings (SSSR count). The van der Waals surface area contributed by atoms with E-state index in [4.69, 9.17) is 10.5 Å². The molecule has 2 N–H and O–H groups in total. The van der Waals surface area contributed by atoms with Gasteiger partial charge in [-0.3, -0.25) is 9.59 Å². The van der Waals surface area contributed by atoms with Gasteiger partial charge in [0.15, 0.2) is 11.4 Å². The van der Waals surface area contributed by atoms with Crippen LogP contribution >= 0.6 is 0 Å². The molecule has 166 valence electrons. The number of benzene rings is 1. The molecule has 1 fully saturated rings. The number of rotatable bonds is 7. The first-order valence-electron chi connectivity index (χ1n) is 10.6. The van der Waals surface area contributed by atoms with E-state index in [-0.39, 0.29) is 29.1 Å². The second-order valence-electron chi connectivity index (χ2n) is 8.44. The molecule has 0 saturated carbocycles. The number of halogens is 1. The number of esters is 1. The van der Waals surface area contributed by atoms with Crippen LogP contribution in [0.25, 0.3) is 0 Å². The number of nitrogens with two attached hydrogens (primary N) is 1. The van der Waals surface area contributed by atoms with Crippen molar-refractivity contribution in [1.82, 2.24) is 9.97 Å². The van der Waals surface area contributed by atoms with Gasteiger partial charge < -0.3 is 15.4 Å². The second kappa shape index (κ2) is 9.41. The van der Waals surface area contributed by atoms with Gasteiger partial charge in [-0.15, -0.1) is 0 Å². The van der Waals surface area contributed by atoms with E-state index in [2.05, 4.69) is 21.8 Å². The molecule has 0 aliphatic carbocycles. The molecule has 7 nitrogen and oxygen atoms in total. The topological polar surface area (TPSA) is 98.4 Å². The summed E-state index contributed by atoms with van der Waals surface area (Å²) in [5.41, 5.74) is 6.82. The van der Waals surface area contributed by atoms with Crippen molar-refractivity contribution in [1.29, 1.82) is 0 Å². The standard InChI is InChI=1S/C23H29FN4O3/c1-4-5-19(29)31-21-15(2)26-18(27-20(21)22(25)30)14-23(3)10-12-28(13-11-23)17-8-6-16(24)7-9-17/h6-9H,4-5,10-14H2,1-3H3,(H2,25,30). The Balaban J connectivity index is 1.73. The Labute approximate surface area is 181 Å². The van der Waals surface area contributed by atoms with Crippen LogP contribution in [0.1, 0.15) is 61.5 Å². The van der Waals surface area contributed by atoms with Crippen molar-refractivity contribution in [2.45, 2.75) is 52.9 Å². The van der Waals surface area contributed by atoms with E-state index >= 15 is 0 Å². The van der Waals surface area contributed by atoms with Crippen molar-refractivity contribution in [3.63, 3.8) is 0 Å². The first-order chi connectivity index (χ1) is 14.7. The van der Waals surface area contributed by atoms with Crippen LogP contribution in [-0.2, 0) is 11.2 Å². The van der Waals surface area contributed by atoms with Gasteiger partial charge in [0.2, 0.25) is 0 Å². The van der Waals surface area contributed by atoms with Gasteiger partial charge >= 0.3 is 5.97 Å². The highest BCUT2D eigenvalue weighted by Crippen LogP contribution is 2.36. The Morgan fingerprint density at radius 2 is 1.84 bits per heavy atom. The molecule has 1 amide bonds. The highest BCUT2D eigenvalue weighted by atomic mass is 19.1. The van der Waals surface area contributed by atoms with Crippen LogP contribution < -0.4 is 15.4 Å². The number of piperidine rings is 1. The smallest absolute Gasteiger partial charge is 0.311 e. The third-order valence-electron chi connectivity index (χ3n) is 5.73. The molecular weight excluding hydrogens is 399 g/mol. The summed E-state index contributed by atoms with van der Waals surface area (Å²) in [6.45, 7) is 7.39. The highest BCUT2D eigenvalue weighted by Gasteiger charge is 2.32. The minimum absolute atomic E-state index is 0.0472. The first kappa shape index (κ1) is 22.7. The molecule has 0 unspecified atom stereocenters. The summed E-state index contributed by atoms with van der Waals surface area (Å²) in [4.78, 5) is 35.0. The molecule has 0 bridgehead atoms.